The molecule has 2 N–H and O–H groups in total. The van der Waals surface area contributed by atoms with Crippen LogP contribution < -0.4 is 10.6 Å². The summed E-state index contributed by atoms with van der Waals surface area (Å²) in [6.07, 6.45) is 0.525. The average Bonchev–Trinajstić information content (AvgIpc) is 2.51. The third kappa shape index (κ3) is 4.96. The molecule has 0 saturated carbocycles. The highest BCUT2D eigenvalue weighted by Gasteiger charge is 2.12. The quantitative estimate of drug-likeness (QED) is 0.819. The smallest absolute Gasteiger partial charge is 0.313 e. The van der Waals surface area contributed by atoms with Gasteiger partial charge in [0.25, 0.3) is 0 Å². The van der Waals surface area contributed by atoms with Crippen LogP contribution in [0.5, 0.6) is 0 Å². The lowest BCUT2D eigenvalue weighted by molar-refractivity contribution is -0.136. The Labute approximate surface area is 135 Å². The Morgan fingerprint density at radius 2 is 1.59 bits per heavy atom. The molecule has 0 aromatic heterocycles. The van der Waals surface area contributed by atoms with Crippen molar-refractivity contribution in [2.24, 2.45) is 0 Å². The average molecular weight is 365 g/mol. The van der Waals surface area contributed by atoms with Gasteiger partial charge < -0.3 is 10.6 Å². The van der Waals surface area contributed by atoms with Gasteiger partial charge in [-0.15, -0.1) is 0 Å². The Bertz CT molecular complexity index is 657. The van der Waals surface area contributed by atoms with E-state index in [0.717, 1.165) is 10.0 Å². The molecule has 2 aromatic rings. The van der Waals surface area contributed by atoms with Crippen molar-refractivity contribution in [3.63, 3.8) is 0 Å². The van der Waals surface area contributed by atoms with Gasteiger partial charge in [0.15, 0.2) is 0 Å². The lowest BCUT2D eigenvalue weighted by Crippen LogP contribution is -2.36. The number of carbonyl (C=O) groups excluding carboxylic acids is 2. The molecule has 114 valence electrons. The summed E-state index contributed by atoms with van der Waals surface area (Å²) in [5, 5.41) is 5.03. The number of benzene rings is 2. The fourth-order valence-electron chi connectivity index (χ4n) is 1.77. The van der Waals surface area contributed by atoms with E-state index in [0.29, 0.717) is 18.7 Å². The minimum absolute atomic E-state index is 0.304. The largest absolute Gasteiger partial charge is 0.347 e. The topological polar surface area (TPSA) is 58.2 Å². The standard InChI is InChI=1S/C16H14BrFN2O2/c17-12-3-7-14(8-4-12)20-16(22)15(21)19-10-9-11-1-5-13(18)6-2-11/h1-8H,9-10H2,(H,19,21)(H,20,22). The van der Waals surface area contributed by atoms with E-state index in [2.05, 4.69) is 26.6 Å². The van der Waals surface area contributed by atoms with E-state index in [-0.39, 0.29) is 5.82 Å². The van der Waals surface area contributed by atoms with Gasteiger partial charge in [0.1, 0.15) is 5.82 Å². The number of hydrogen-bond acceptors (Lipinski definition) is 2. The molecule has 0 bridgehead atoms. The minimum atomic E-state index is -0.721. The highest BCUT2D eigenvalue weighted by molar-refractivity contribution is 9.10. The first-order valence-corrected chi connectivity index (χ1v) is 7.43. The first-order chi connectivity index (χ1) is 10.5. The summed E-state index contributed by atoms with van der Waals surface area (Å²) >= 11 is 3.29. The Balaban J connectivity index is 1.77. The van der Waals surface area contributed by atoms with Crippen LogP contribution in [0.25, 0.3) is 0 Å². The zero-order chi connectivity index (χ0) is 15.9. The van der Waals surface area contributed by atoms with E-state index in [1.54, 1.807) is 36.4 Å². The Hall–Kier alpha value is -2.21. The van der Waals surface area contributed by atoms with Crippen molar-refractivity contribution >= 4 is 33.4 Å². The van der Waals surface area contributed by atoms with Gasteiger partial charge in [0.05, 0.1) is 0 Å². The molecular formula is C16H14BrFN2O2. The number of rotatable bonds is 4. The maximum absolute atomic E-state index is 12.7. The van der Waals surface area contributed by atoms with Crippen LogP contribution in [0.15, 0.2) is 53.0 Å². The van der Waals surface area contributed by atoms with E-state index >= 15 is 0 Å². The molecule has 0 atom stereocenters. The zero-order valence-corrected chi connectivity index (χ0v) is 13.2. The monoisotopic (exact) mass is 364 g/mol. The van der Waals surface area contributed by atoms with Crippen LogP contribution in [0, 0.1) is 5.82 Å². The summed E-state index contributed by atoms with van der Waals surface area (Å²) in [7, 11) is 0. The molecule has 0 aliphatic rings. The number of anilines is 1. The number of amides is 2. The summed E-state index contributed by atoms with van der Waals surface area (Å²) in [4.78, 5) is 23.4. The molecule has 4 nitrogen and oxygen atoms in total. The predicted molar refractivity (Wildman–Crippen MR) is 85.9 cm³/mol. The fourth-order valence-corrected chi connectivity index (χ4v) is 2.04. The molecule has 0 radical (unpaired) electrons. The third-order valence-corrected chi connectivity index (χ3v) is 3.45. The molecule has 2 aromatic carbocycles. The van der Waals surface area contributed by atoms with Gasteiger partial charge in [-0.1, -0.05) is 28.1 Å². The second kappa shape index (κ2) is 7.70. The lowest BCUT2D eigenvalue weighted by atomic mass is 10.1. The van der Waals surface area contributed by atoms with E-state index < -0.39 is 11.8 Å². The molecule has 2 rings (SSSR count). The second-order valence-electron chi connectivity index (χ2n) is 4.59. The highest BCUT2D eigenvalue weighted by Crippen LogP contribution is 2.13. The molecular weight excluding hydrogens is 351 g/mol. The molecule has 0 aliphatic heterocycles. The maximum atomic E-state index is 12.7. The molecule has 0 fully saturated rings. The van der Waals surface area contributed by atoms with Crippen LogP contribution in [0.4, 0.5) is 10.1 Å². The van der Waals surface area contributed by atoms with Crippen LogP contribution in [-0.4, -0.2) is 18.4 Å². The summed E-state index contributed by atoms with van der Waals surface area (Å²) in [5.41, 5.74) is 1.43. The van der Waals surface area contributed by atoms with Crippen molar-refractivity contribution in [1.82, 2.24) is 5.32 Å². The van der Waals surface area contributed by atoms with Gasteiger partial charge in [-0.3, -0.25) is 9.59 Å². The molecule has 0 saturated heterocycles. The normalized spacial score (nSPS) is 10.1. The Kier molecular flexibility index (Phi) is 5.66. The van der Waals surface area contributed by atoms with Crippen molar-refractivity contribution in [2.75, 3.05) is 11.9 Å². The van der Waals surface area contributed by atoms with Gasteiger partial charge in [-0.2, -0.15) is 0 Å². The van der Waals surface area contributed by atoms with Crippen molar-refractivity contribution < 1.29 is 14.0 Å². The van der Waals surface area contributed by atoms with Gasteiger partial charge in [0, 0.05) is 16.7 Å². The van der Waals surface area contributed by atoms with Crippen molar-refractivity contribution in [2.45, 2.75) is 6.42 Å². The summed E-state index contributed by atoms with van der Waals surface area (Å²) in [5.74, 6) is -1.73. The summed E-state index contributed by atoms with van der Waals surface area (Å²) in [6, 6.07) is 12.9. The van der Waals surface area contributed by atoms with Crippen LogP contribution in [0.2, 0.25) is 0 Å². The molecule has 22 heavy (non-hydrogen) atoms. The van der Waals surface area contributed by atoms with Crippen LogP contribution in [0.3, 0.4) is 0 Å². The number of nitrogens with one attached hydrogen (secondary N) is 2. The van der Waals surface area contributed by atoms with Crippen molar-refractivity contribution in [3.8, 4) is 0 Å². The van der Waals surface area contributed by atoms with Gasteiger partial charge >= 0.3 is 11.8 Å². The second-order valence-corrected chi connectivity index (χ2v) is 5.51. The van der Waals surface area contributed by atoms with Crippen LogP contribution >= 0.6 is 15.9 Å². The summed E-state index contributed by atoms with van der Waals surface area (Å²) < 4.78 is 13.6. The molecule has 6 heteroatoms. The van der Waals surface area contributed by atoms with E-state index in [9.17, 15) is 14.0 Å². The Morgan fingerprint density at radius 3 is 2.23 bits per heavy atom. The first-order valence-electron chi connectivity index (χ1n) is 6.64. The fraction of sp³-hybridized carbons (Fsp3) is 0.125. The number of halogens is 2. The predicted octanol–water partition coefficient (Wildman–Crippen LogP) is 2.89. The van der Waals surface area contributed by atoms with E-state index in [4.69, 9.17) is 0 Å². The SMILES string of the molecule is O=C(NCCc1ccc(F)cc1)C(=O)Nc1ccc(Br)cc1. The number of hydrogen-bond donors (Lipinski definition) is 2. The number of carbonyl (C=O) groups is 2. The minimum Gasteiger partial charge on any atom is -0.347 e. The van der Waals surface area contributed by atoms with Gasteiger partial charge in [0.2, 0.25) is 0 Å². The maximum Gasteiger partial charge on any atom is 0.313 e. The third-order valence-electron chi connectivity index (χ3n) is 2.92. The van der Waals surface area contributed by atoms with E-state index in [1.807, 2.05) is 0 Å². The molecule has 2 amide bonds. The molecule has 0 spiro atoms. The lowest BCUT2D eigenvalue weighted by Gasteiger charge is -2.07. The van der Waals surface area contributed by atoms with Crippen LogP contribution in [-0.2, 0) is 16.0 Å². The summed E-state index contributed by atoms with van der Waals surface area (Å²) in [6.45, 7) is 0.304. The molecule has 0 aliphatic carbocycles. The van der Waals surface area contributed by atoms with Gasteiger partial charge in [-0.05, 0) is 48.4 Å². The van der Waals surface area contributed by atoms with Crippen molar-refractivity contribution in [1.29, 1.82) is 0 Å². The zero-order valence-electron chi connectivity index (χ0n) is 11.6. The highest BCUT2D eigenvalue weighted by atomic mass is 79.9. The van der Waals surface area contributed by atoms with Crippen molar-refractivity contribution in [3.05, 3.63) is 64.4 Å². The van der Waals surface area contributed by atoms with Gasteiger partial charge in [-0.25, -0.2) is 4.39 Å². The molecule has 0 heterocycles. The van der Waals surface area contributed by atoms with E-state index in [1.165, 1.54) is 12.1 Å². The Morgan fingerprint density at radius 1 is 0.955 bits per heavy atom. The first kappa shape index (κ1) is 16.2. The van der Waals surface area contributed by atoms with Crippen LogP contribution in [0.1, 0.15) is 5.56 Å². The molecule has 0 unspecified atom stereocenters.